The van der Waals surface area contributed by atoms with Crippen LogP contribution in [-0.4, -0.2) is 49.0 Å². The van der Waals surface area contributed by atoms with Crippen LogP contribution in [0.2, 0.25) is 0 Å². The Morgan fingerprint density at radius 2 is 1.97 bits per heavy atom. The molecule has 0 bridgehead atoms. The van der Waals surface area contributed by atoms with Crippen molar-refractivity contribution in [2.24, 2.45) is 0 Å². The minimum atomic E-state index is 0.0320. The summed E-state index contributed by atoms with van der Waals surface area (Å²) >= 11 is 1.72. The number of nitrogens with one attached hydrogen (secondary N) is 1. The number of ether oxygens (including phenoxy) is 1. The number of hydrogen-bond donors (Lipinski definition) is 1. The standard InChI is InChI=1S/C25H30N4O2S/c1-3-28-14-15-29(25(30)21-17-27-13-10-22(21)28)18-19-6-8-20(9-7-19)31-23(11-12-26-2)24-5-4-16-32-24/h4-10,13,16-17,23,26H,3,11-12,14-15,18H2,1-2H3. The molecule has 0 aliphatic carbocycles. The van der Waals surface area contributed by atoms with Gasteiger partial charge in [0.05, 0.1) is 11.3 Å². The van der Waals surface area contributed by atoms with Crippen LogP contribution in [0.4, 0.5) is 5.69 Å². The van der Waals surface area contributed by atoms with Crippen molar-refractivity contribution in [1.29, 1.82) is 0 Å². The lowest BCUT2D eigenvalue weighted by molar-refractivity contribution is 0.0754. The van der Waals surface area contributed by atoms with Crippen LogP contribution in [0.5, 0.6) is 5.75 Å². The van der Waals surface area contributed by atoms with Gasteiger partial charge >= 0.3 is 0 Å². The highest BCUT2D eigenvalue weighted by Crippen LogP contribution is 2.29. The third-order valence-corrected chi connectivity index (χ3v) is 6.73. The highest BCUT2D eigenvalue weighted by molar-refractivity contribution is 7.10. The Bertz CT molecular complexity index is 1010. The van der Waals surface area contributed by atoms with Crippen molar-refractivity contribution in [2.75, 3.05) is 38.1 Å². The van der Waals surface area contributed by atoms with Gasteiger partial charge in [-0.15, -0.1) is 11.3 Å². The van der Waals surface area contributed by atoms with E-state index >= 15 is 0 Å². The van der Waals surface area contributed by atoms with Gasteiger partial charge in [0.25, 0.3) is 5.91 Å². The molecule has 168 valence electrons. The van der Waals surface area contributed by atoms with Crippen LogP contribution >= 0.6 is 11.3 Å². The Morgan fingerprint density at radius 1 is 1.16 bits per heavy atom. The van der Waals surface area contributed by atoms with Gasteiger partial charge in [-0.1, -0.05) is 18.2 Å². The fourth-order valence-corrected chi connectivity index (χ4v) is 4.80. The smallest absolute Gasteiger partial charge is 0.257 e. The molecule has 1 unspecified atom stereocenters. The van der Waals surface area contributed by atoms with E-state index in [4.69, 9.17) is 4.74 Å². The van der Waals surface area contributed by atoms with Gasteiger partial charge in [-0.25, -0.2) is 0 Å². The highest BCUT2D eigenvalue weighted by atomic mass is 32.1. The van der Waals surface area contributed by atoms with Gasteiger partial charge in [-0.2, -0.15) is 0 Å². The molecule has 1 atom stereocenters. The van der Waals surface area contributed by atoms with Crippen LogP contribution < -0.4 is 15.0 Å². The maximum Gasteiger partial charge on any atom is 0.257 e. The van der Waals surface area contributed by atoms with Crippen molar-refractivity contribution in [3.8, 4) is 5.75 Å². The number of carbonyl (C=O) groups is 1. The van der Waals surface area contributed by atoms with Crippen molar-refractivity contribution in [1.82, 2.24) is 15.2 Å². The van der Waals surface area contributed by atoms with E-state index in [9.17, 15) is 4.79 Å². The van der Waals surface area contributed by atoms with Crippen molar-refractivity contribution >= 4 is 22.9 Å². The number of fused-ring (bicyclic) bond motifs is 1. The second-order valence-corrected chi connectivity index (χ2v) is 8.84. The number of benzene rings is 1. The Labute approximate surface area is 193 Å². The number of pyridine rings is 1. The van der Waals surface area contributed by atoms with Gasteiger partial charge in [0.1, 0.15) is 11.9 Å². The summed E-state index contributed by atoms with van der Waals surface area (Å²) in [6.07, 6.45) is 4.38. The van der Waals surface area contributed by atoms with Crippen molar-refractivity contribution in [3.05, 3.63) is 76.2 Å². The molecule has 2 aromatic heterocycles. The number of aromatic nitrogens is 1. The van der Waals surface area contributed by atoms with E-state index in [0.29, 0.717) is 18.7 Å². The molecule has 0 fully saturated rings. The molecular formula is C25H30N4O2S. The third-order valence-electron chi connectivity index (χ3n) is 5.77. The molecular weight excluding hydrogens is 420 g/mol. The molecule has 3 heterocycles. The van der Waals surface area contributed by atoms with Crippen LogP contribution in [-0.2, 0) is 6.54 Å². The predicted octanol–water partition coefficient (Wildman–Crippen LogP) is 4.36. The van der Waals surface area contributed by atoms with E-state index in [-0.39, 0.29) is 12.0 Å². The van der Waals surface area contributed by atoms with Crippen molar-refractivity contribution in [3.63, 3.8) is 0 Å². The van der Waals surface area contributed by atoms with Crippen LogP contribution in [0.1, 0.15) is 40.2 Å². The lowest BCUT2D eigenvalue weighted by atomic mass is 10.1. The summed E-state index contributed by atoms with van der Waals surface area (Å²) in [6.45, 7) is 5.94. The van der Waals surface area contributed by atoms with Crippen LogP contribution in [0, 0.1) is 0 Å². The lowest BCUT2D eigenvalue weighted by Crippen LogP contribution is -2.34. The Hall–Kier alpha value is -2.90. The van der Waals surface area contributed by atoms with E-state index < -0.39 is 0 Å². The predicted molar refractivity (Wildman–Crippen MR) is 130 cm³/mol. The molecule has 1 aromatic carbocycles. The molecule has 0 saturated carbocycles. The normalized spacial score (nSPS) is 14.8. The van der Waals surface area contributed by atoms with Gasteiger partial charge in [-0.05, 0) is 55.7 Å². The summed E-state index contributed by atoms with van der Waals surface area (Å²) < 4.78 is 6.30. The van der Waals surface area contributed by atoms with E-state index in [1.54, 1.807) is 23.7 Å². The van der Waals surface area contributed by atoms with E-state index in [2.05, 4.69) is 51.8 Å². The van der Waals surface area contributed by atoms with Gasteiger partial charge < -0.3 is 19.9 Å². The van der Waals surface area contributed by atoms with E-state index in [1.807, 2.05) is 30.1 Å². The molecule has 1 aliphatic rings. The van der Waals surface area contributed by atoms with Gasteiger partial charge in [0, 0.05) is 49.9 Å². The maximum atomic E-state index is 13.2. The summed E-state index contributed by atoms with van der Waals surface area (Å²) in [7, 11) is 1.96. The molecule has 1 amide bonds. The topological polar surface area (TPSA) is 57.7 Å². The number of thiophene rings is 1. The van der Waals surface area contributed by atoms with E-state index in [0.717, 1.165) is 43.1 Å². The van der Waals surface area contributed by atoms with Crippen molar-refractivity contribution < 1.29 is 9.53 Å². The fourth-order valence-electron chi connectivity index (χ4n) is 4.01. The first-order valence-electron chi connectivity index (χ1n) is 11.1. The monoisotopic (exact) mass is 450 g/mol. The molecule has 1 aliphatic heterocycles. The minimum Gasteiger partial charge on any atom is -0.485 e. The number of likely N-dealkylation sites (N-methyl/N-ethyl adjacent to an activating group) is 1. The quantitative estimate of drug-likeness (QED) is 0.525. The molecule has 32 heavy (non-hydrogen) atoms. The summed E-state index contributed by atoms with van der Waals surface area (Å²) in [5.41, 5.74) is 2.74. The molecule has 7 heteroatoms. The number of rotatable bonds is 9. The molecule has 4 rings (SSSR count). The number of anilines is 1. The summed E-state index contributed by atoms with van der Waals surface area (Å²) in [4.78, 5) is 22.7. The first-order valence-corrected chi connectivity index (χ1v) is 12.0. The minimum absolute atomic E-state index is 0.0320. The van der Waals surface area contributed by atoms with Gasteiger partial charge in [0.2, 0.25) is 0 Å². The Kier molecular flexibility index (Phi) is 7.39. The third kappa shape index (κ3) is 5.11. The molecule has 0 radical (unpaired) electrons. The Morgan fingerprint density at radius 3 is 2.69 bits per heavy atom. The van der Waals surface area contributed by atoms with E-state index in [1.165, 1.54) is 4.88 Å². The number of amides is 1. The van der Waals surface area contributed by atoms with Gasteiger partial charge in [0.15, 0.2) is 0 Å². The lowest BCUT2D eigenvalue weighted by Gasteiger charge is -2.23. The molecule has 0 spiro atoms. The molecule has 1 N–H and O–H groups in total. The number of hydrogen-bond acceptors (Lipinski definition) is 6. The zero-order valence-electron chi connectivity index (χ0n) is 18.7. The molecule has 6 nitrogen and oxygen atoms in total. The van der Waals surface area contributed by atoms with Crippen LogP contribution in [0.15, 0.2) is 60.2 Å². The summed E-state index contributed by atoms with van der Waals surface area (Å²) in [5, 5.41) is 5.29. The summed E-state index contributed by atoms with van der Waals surface area (Å²) in [6, 6.07) is 14.2. The molecule has 3 aromatic rings. The van der Waals surface area contributed by atoms with Gasteiger partial charge in [-0.3, -0.25) is 9.78 Å². The van der Waals surface area contributed by atoms with Crippen LogP contribution in [0.3, 0.4) is 0 Å². The van der Waals surface area contributed by atoms with Crippen LogP contribution in [0.25, 0.3) is 0 Å². The average Bonchev–Trinajstić information content (AvgIpc) is 3.33. The summed E-state index contributed by atoms with van der Waals surface area (Å²) in [5.74, 6) is 0.881. The number of nitrogens with zero attached hydrogens (tertiary/aromatic N) is 3. The zero-order valence-corrected chi connectivity index (χ0v) is 19.5. The second-order valence-electron chi connectivity index (χ2n) is 7.86. The molecule has 0 saturated heterocycles. The maximum absolute atomic E-state index is 13.2. The zero-order chi connectivity index (χ0) is 22.3. The largest absolute Gasteiger partial charge is 0.485 e. The van der Waals surface area contributed by atoms with Crippen molar-refractivity contribution in [2.45, 2.75) is 26.0 Å². The second kappa shape index (κ2) is 10.6. The SMILES string of the molecule is CCN1CCN(Cc2ccc(OC(CCNC)c3cccs3)cc2)C(=O)c2cnccc21. The fraction of sp³-hybridized carbons (Fsp3) is 0.360. The number of carbonyl (C=O) groups excluding carboxylic acids is 1. The Balaban J connectivity index is 1.45. The highest BCUT2D eigenvalue weighted by Gasteiger charge is 2.26. The first kappa shape index (κ1) is 22.3. The first-order chi connectivity index (χ1) is 15.7. The average molecular weight is 451 g/mol.